The fourth-order valence-electron chi connectivity index (χ4n) is 1.82. The number of ether oxygens (including phenoxy) is 1. The summed E-state index contributed by atoms with van der Waals surface area (Å²) >= 11 is 0. The third-order valence-corrected chi connectivity index (χ3v) is 2.73. The topological polar surface area (TPSA) is 38.3 Å². The number of benzene rings is 1. The molecule has 0 saturated heterocycles. The summed E-state index contributed by atoms with van der Waals surface area (Å²) in [6.45, 7) is 7.91. The molecule has 1 aromatic carbocycles. The van der Waals surface area contributed by atoms with Gasteiger partial charge in [0.25, 0.3) is 0 Å². The van der Waals surface area contributed by atoms with E-state index in [9.17, 15) is 18.0 Å². The molecule has 0 saturated carbocycles. The van der Waals surface area contributed by atoms with Crippen molar-refractivity contribution in [3.05, 3.63) is 23.8 Å². The van der Waals surface area contributed by atoms with Crippen molar-refractivity contribution in [3.63, 3.8) is 0 Å². The first-order valence-electron chi connectivity index (χ1n) is 7.17. The van der Waals surface area contributed by atoms with Crippen molar-refractivity contribution in [2.24, 2.45) is 5.41 Å². The van der Waals surface area contributed by atoms with Gasteiger partial charge in [0.1, 0.15) is 5.75 Å². The monoisotopic (exact) mass is 317 g/mol. The van der Waals surface area contributed by atoms with Crippen molar-refractivity contribution in [1.82, 2.24) is 0 Å². The highest BCUT2D eigenvalue weighted by Gasteiger charge is 2.31. The lowest BCUT2D eigenvalue weighted by Crippen LogP contribution is -2.20. The first kappa shape index (κ1) is 18.3. The van der Waals surface area contributed by atoms with Gasteiger partial charge in [0.2, 0.25) is 5.91 Å². The Balaban J connectivity index is 3.03. The van der Waals surface area contributed by atoms with Crippen LogP contribution in [0.15, 0.2) is 18.2 Å². The standard InChI is InChI=1S/C16H22F3NO2/c1-5-8-22-13-7-6-11(16(17,18)19)9-12(13)20-14(21)10-15(2,3)4/h6-7,9H,5,8,10H2,1-4H3,(H,20,21). The van der Waals surface area contributed by atoms with Crippen LogP contribution in [-0.2, 0) is 11.0 Å². The van der Waals surface area contributed by atoms with Gasteiger partial charge in [0, 0.05) is 6.42 Å². The van der Waals surface area contributed by atoms with Crippen molar-refractivity contribution >= 4 is 11.6 Å². The molecule has 0 bridgehead atoms. The van der Waals surface area contributed by atoms with E-state index in [4.69, 9.17) is 4.74 Å². The largest absolute Gasteiger partial charge is 0.491 e. The van der Waals surface area contributed by atoms with Gasteiger partial charge in [0.05, 0.1) is 17.9 Å². The van der Waals surface area contributed by atoms with Crippen molar-refractivity contribution in [2.45, 2.75) is 46.7 Å². The molecule has 0 heterocycles. The number of alkyl halides is 3. The van der Waals surface area contributed by atoms with Gasteiger partial charge < -0.3 is 10.1 Å². The minimum absolute atomic E-state index is 0.0533. The van der Waals surface area contributed by atoms with Gasteiger partial charge in [-0.15, -0.1) is 0 Å². The Bertz CT molecular complexity index is 519. The molecule has 1 aromatic rings. The van der Waals surface area contributed by atoms with Crippen LogP contribution in [0.4, 0.5) is 18.9 Å². The summed E-state index contributed by atoms with van der Waals surface area (Å²) in [6, 6.07) is 3.10. The van der Waals surface area contributed by atoms with E-state index in [0.29, 0.717) is 6.61 Å². The summed E-state index contributed by atoms with van der Waals surface area (Å²) < 4.78 is 43.8. The number of halogens is 3. The Morgan fingerprint density at radius 1 is 1.23 bits per heavy atom. The Hall–Kier alpha value is -1.72. The number of anilines is 1. The predicted octanol–water partition coefficient (Wildman–Crippen LogP) is 4.87. The van der Waals surface area contributed by atoms with Crippen LogP contribution in [0, 0.1) is 5.41 Å². The first-order valence-corrected chi connectivity index (χ1v) is 7.17. The zero-order valence-corrected chi connectivity index (χ0v) is 13.3. The fraction of sp³-hybridized carbons (Fsp3) is 0.562. The third-order valence-electron chi connectivity index (χ3n) is 2.73. The summed E-state index contributed by atoms with van der Waals surface area (Å²) in [4.78, 5) is 12.0. The SMILES string of the molecule is CCCOc1ccc(C(F)(F)F)cc1NC(=O)CC(C)(C)C. The first-order chi connectivity index (χ1) is 10.0. The van der Waals surface area contributed by atoms with Crippen molar-refractivity contribution in [2.75, 3.05) is 11.9 Å². The number of hydrogen-bond acceptors (Lipinski definition) is 2. The number of nitrogens with one attached hydrogen (secondary N) is 1. The Labute approximate surface area is 128 Å². The molecule has 0 radical (unpaired) electrons. The van der Waals surface area contributed by atoms with Crippen molar-refractivity contribution in [1.29, 1.82) is 0 Å². The van der Waals surface area contributed by atoms with Gasteiger partial charge >= 0.3 is 6.18 Å². The zero-order chi connectivity index (χ0) is 17.0. The van der Waals surface area contributed by atoms with Gasteiger partial charge in [-0.05, 0) is 30.0 Å². The van der Waals surface area contributed by atoms with E-state index >= 15 is 0 Å². The van der Waals surface area contributed by atoms with E-state index in [-0.39, 0.29) is 29.2 Å². The maximum atomic E-state index is 12.8. The maximum absolute atomic E-state index is 12.8. The molecule has 0 spiro atoms. The van der Waals surface area contributed by atoms with Gasteiger partial charge in [-0.3, -0.25) is 4.79 Å². The van der Waals surface area contributed by atoms with E-state index < -0.39 is 11.7 Å². The van der Waals surface area contributed by atoms with Crippen molar-refractivity contribution < 1.29 is 22.7 Å². The average Bonchev–Trinajstić information content (AvgIpc) is 2.33. The van der Waals surface area contributed by atoms with E-state index in [1.807, 2.05) is 27.7 Å². The Kier molecular flexibility index (Phi) is 5.85. The van der Waals surface area contributed by atoms with Gasteiger partial charge in [0.15, 0.2) is 0 Å². The summed E-state index contributed by atoms with van der Waals surface area (Å²) in [5, 5.41) is 2.52. The highest BCUT2D eigenvalue weighted by atomic mass is 19.4. The highest BCUT2D eigenvalue weighted by molar-refractivity contribution is 5.92. The van der Waals surface area contributed by atoms with Gasteiger partial charge in [-0.2, -0.15) is 13.2 Å². The molecule has 0 aliphatic rings. The molecule has 1 N–H and O–H groups in total. The molecule has 22 heavy (non-hydrogen) atoms. The van der Waals surface area contributed by atoms with E-state index in [1.165, 1.54) is 6.07 Å². The number of amides is 1. The second-order valence-electron chi connectivity index (χ2n) is 6.34. The molecule has 0 unspecified atom stereocenters. The van der Waals surface area contributed by atoms with E-state index in [0.717, 1.165) is 18.6 Å². The maximum Gasteiger partial charge on any atom is 0.416 e. The Morgan fingerprint density at radius 3 is 2.36 bits per heavy atom. The summed E-state index contributed by atoms with van der Waals surface area (Å²) in [5.41, 5.74) is -1.02. The molecule has 1 rings (SSSR count). The molecule has 0 aromatic heterocycles. The van der Waals surface area contributed by atoms with Crippen LogP contribution >= 0.6 is 0 Å². The summed E-state index contributed by atoms with van der Waals surface area (Å²) in [7, 11) is 0. The minimum atomic E-state index is -4.47. The van der Waals surface area contributed by atoms with Crippen LogP contribution in [0.1, 0.15) is 46.1 Å². The Morgan fingerprint density at radius 2 is 1.86 bits per heavy atom. The normalized spacial score (nSPS) is 12.1. The minimum Gasteiger partial charge on any atom is -0.491 e. The number of carbonyl (C=O) groups is 1. The zero-order valence-electron chi connectivity index (χ0n) is 13.3. The molecule has 3 nitrogen and oxygen atoms in total. The predicted molar refractivity (Wildman–Crippen MR) is 79.9 cm³/mol. The molecule has 124 valence electrons. The lowest BCUT2D eigenvalue weighted by atomic mass is 9.92. The fourth-order valence-corrected chi connectivity index (χ4v) is 1.82. The second-order valence-corrected chi connectivity index (χ2v) is 6.34. The third kappa shape index (κ3) is 5.95. The second kappa shape index (κ2) is 7.03. The smallest absolute Gasteiger partial charge is 0.416 e. The van der Waals surface area contributed by atoms with Crippen LogP contribution in [0.25, 0.3) is 0 Å². The molecule has 6 heteroatoms. The molecule has 1 amide bonds. The summed E-state index contributed by atoms with van der Waals surface area (Å²) in [5.74, 6) is -0.0923. The highest BCUT2D eigenvalue weighted by Crippen LogP contribution is 2.35. The van der Waals surface area contributed by atoms with Crippen molar-refractivity contribution in [3.8, 4) is 5.75 Å². The molecular weight excluding hydrogens is 295 g/mol. The lowest BCUT2D eigenvalue weighted by molar-refractivity contribution is -0.137. The number of rotatable bonds is 5. The van der Waals surface area contributed by atoms with Crippen LogP contribution < -0.4 is 10.1 Å². The lowest BCUT2D eigenvalue weighted by Gasteiger charge is -2.19. The van der Waals surface area contributed by atoms with E-state index in [1.54, 1.807) is 0 Å². The summed E-state index contributed by atoms with van der Waals surface area (Å²) in [6.07, 6.45) is -3.54. The molecule has 0 atom stereocenters. The van der Waals surface area contributed by atoms with Crippen LogP contribution in [0.2, 0.25) is 0 Å². The number of hydrogen-bond donors (Lipinski definition) is 1. The molecule has 0 fully saturated rings. The van der Waals surface area contributed by atoms with E-state index in [2.05, 4.69) is 5.32 Å². The van der Waals surface area contributed by atoms with Crippen LogP contribution in [0.5, 0.6) is 5.75 Å². The molecular formula is C16H22F3NO2. The quantitative estimate of drug-likeness (QED) is 0.841. The molecule has 0 aliphatic carbocycles. The average molecular weight is 317 g/mol. The van der Waals surface area contributed by atoms with Crippen LogP contribution in [-0.4, -0.2) is 12.5 Å². The molecule has 0 aliphatic heterocycles. The van der Waals surface area contributed by atoms with Gasteiger partial charge in [-0.1, -0.05) is 27.7 Å². The van der Waals surface area contributed by atoms with Crippen LogP contribution in [0.3, 0.4) is 0 Å². The van der Waals surface area contributed by atoms with Gasteiger partial charge in [-0.25, -0.2) is 0 Å². The number of carbonyl (C=O) groups excluding carboxylic acids is 1.